The van der Waals surface area contributed by atoms with Gasteiger partial charge in [0, 0.05) is 36.9 Å². The molecule has 1 amide bonds. The molecule has 166 valence electrons. The van der Waals surface area contributed by atoms with E-state index in [1.54, 1.807) is 12.1 Å². The van der Waals surface area contributed by atoms with Gasteiger partial charge in [0.25, 0.3) is 0 Å². The first-order valence-corrected chi connectivity index (χ1v) is 10.9. The number of aryl methyl sites for hydroxylation is 1. The summed E-state index contributed by atoms with van der Waals surface area (Å²) in [6.07, 6.45) is 3.22. The van der Waals surface area contributed by atoms with Gasteiger partial charge in [0.1, 0.15) is 0 Å². The largest absolute Gasteiger partial charge is 0.366 e. The van der Waals surface area contributed by atoms with Crippen LogP contribution in [-0.4, -0.2) is 53.1 Å². The average Bonchev–Trinajstić information content (AvgIpc) is 3.22. The maximum absolute atomic E-state index is 11.6. The fraction of sp³-hybridized carbons (Fsp3) is 0.545. The molecular weight excluding hydrogens is 392 g/mol. The Kier molecular flexibility index (Phi) is 5.95. The topological polar surface area (TPSA) is 121 Å². The first-order valence-electron chi connectivity index (χ1n) is 10.9. The highest BCUT2D eigenvalue weighted by molar-refractivity contribution is 5.94. The number of rotatable bonds is 6. The monoisotopic (exact) mass is 424 g/mol. The smallest absolute Gasteiger partial charge is 0.248 e. The van der Waals surface area contributed by atoms with Gasteiger partial charge in [-0.15, -0.1) is 0 Å². The Balaban J connectivity index is 1.63. The molecule has 0 aliphatic carbocycles. The molecule has 2 aliphatic rings. The number of anilines is 4. The molecule has 2 fully saturated rings. The summed E-state index contributed by atoms with van der Waals surface area (Å²) >= 11 is 0. The fourth-order valence-electron chi connectivity index (χ4n) is 3.93. The van der Waals surface area contributed by atoms with E-state index in [4.69, 9.17) is 15.7 Å². The van der Waals surface area contributed by atoms with Gasteiger partial charge in [-0.2, -0.15) is 15.0 Å². The van der Waals surface area contributed by atoms with E-state index < -0.39 is 5.91 Å². The predicted molar refractivity (Wildman–Crippen MR) is 123 cm³/mol. The van der Waals surface area contributed by atoms with Crippen molar-refractivity contribution in [2.75, 3.05) is 41.7 Å². The van der Waals surface area contributed by atoms with E-state index in [0.717, 1.165) is 56.7 Å². The first kappa shape index (κ1) is 21.3. The van der Waals surface area contributed by atoms with Gasteiger partial charge >= 0.3 is 0 Å². The van der Waals surface area contributed by atoms with Crippen LogP contribution in [0.2, 0.25) is 0 Å². The van der Waals surface area contributed by atoms with Crippen LogP contribution in [0.1, 0.15) is 49.0 Å². The number of hydrogen-bond acceptors (Lipinski definition) is 8. The summed E-state index contributed by atoms with van der Waals surface area (Å²) in [5.74, 6) is 1.22. The maximum atomic E-state index is 11.6. The Morgan fingerprint density at radius 1 is 1.19 bits per heavy atom. The molecule has 1 aromatic carbocycles. The molecule has 0 bridgehead atoms. The van der Waals surface area contributed by atoms with Gasteiger partial charge in [-0.05, 0) is 55.8 Å². The molecule has 1 aromatic heterocycles. The zero-order chi connectivity index (χ0) is 22.0. The molecule has 0 unspecified atom stereocenters. The van der Waals surface area contributed by atoms with Crippen molar-refractivity contribution in [3.05, 3.63) is 29.3 Å². The Hall–Kier alpha value is -2.94. The minimum Gasteiger partial charge on any atom is -0.366 e. The lowest BCUT2D eigenvalue weighted by Crippen LogP contribution is -2.38. The van der Waals surface area contributed by atoms with Crippen molar-refractivity contribution in [3.63, 3.8) is 0 Å². The van der Waals surface area contributed by atoms with Crippen LogP contribution >= 0.6 is 0 Å². The van der Waals surface area contributed by atoms with Crippen LogP contribution in [0.5, 0.6) is 0 Å². The summed E-state index contributed by atoms with van der Waals surface area (Å²) in [4.78, 5) is 27.9. The third kappa shape index (κ3) is 5.22. The van der Waals surface area contributed by atoms with Crippen LogP contribution in [0.4, 0.5) is 23.5 Å². The van der Waals surface area contributed by atoms with E-state index in [9.17, 15) is 4.79 Å². The number of hydrogen-bond donors (Lipinski definition) is 4. The van der Waals surface area contributed by atoms with Crippen LogP contribution in [0.3, 0.4) is 0 Å². The number of nitrogens with one attached hydrogen (secondary N) is 3. The highest BCUT2D eigenvalue weighted by atomic mass is 16.1. The average molecular weight is 425 g/mol. The minimum atomic E-state index is -0.466. The van der Waals surface area contributed by atoms with Crippen LogP contribution < -0.4 is 26.6 Å². The van der Waals surface area contributed by atoms with Gasteiger partial charge in [-0.3, -0.25) is 4.79 Å². The Bertz CT molecular complexity index is 945. The van der Waals surface area contributed by atoms with Crippen LogP contribution in [0.25, 0.3) is 0 Å². The van der Waals surface area contributed by atoms with Crippen molar-refractivity contribution >= 4 is 29.4 Å². The summed E-state index contributed by atoms with van der Waals surface area (Å²) in [5.41, 5.74) is 7.96. The Morgan fingerprint density at radius 3 is 2.61 bits per heavy atom. The summed E-state index contributed by atoms with van der Waals surface area (Å²) in [5, 5.41) is 10.1. The summed E-state index contributed by atoms with van der Waals surface area (Å²) in [6.45, 7) is 10.3. The number of nitrogens with two attached hydrogens (primary N) is 1. The van der Waals surface area contributed by atoms with Crippen LogP contribution in [0.15, 0.2) is 18.2 Å². The Labute approximate surface area is 183 Å². The van der Waals surface area contributed by atoms with E-state index in [1.165, 1.54) is 0 Å². The fourth-order valence-corrected chi connectivity index (χ4v) is 3.93. The zero-order valence-corrected chi connectivity index (χ0v) is 18.5. The van der Waals surface area contributed by atoms with Gasteiger partial charge in [-0.25, -0.2) is 0 Å². The molecule has 2 aliphatic heterocycles. The first-order chi connectivity index (χ1) is 14.8. The van der Waals surface area contributed by atoms with Crippen molar-refractivity contribution in [2.24, 2.45) is 11.1 Å². The van der Waals surface area contributed by atoms with E-state index in [2.05, 4.69) is 39.7 Å². The lowest BCUT2D eigenvalue weighted by atomic mass is 9.83. The lowest BCUT2D eigenvalue weighted by molar-refractivity contribution is 0.100. The number of benzene rings is 1. The molecule has 2 aromatic rings. The van der Waals surface area contributed by atoms with E-state index >= 15 is 0 Å². The van der Waals surface area contributed by atoms with Crippen LogP contribution in [0, 0.1) is 12.3 Å². The second-order valence-corrected chi connectivity index (χ2v) is 9.29. The summed E-state index contributed by atoms with van der Waals surface area (Å²) in [7, 11) is 0. The standard InChI is InChI=1S/C22H32N8O/c1-14-4-5-15(18(23)31)12-17(14)26-20-27-19(25-16-6-9-24-13-16)28-21(29-20)30-10-7-22(2,3)8-11-30/h4-5,12,16,24H,6-11,13H2,1-3H3,(H2,23,31)(H2,25,26,27,28,29)/t16-/m0/s1. The molecule has 3 heterocycles. The SMILES string of the molecule is Cc1ccc(C(N)=O)cc1Nc1nc(N[C@H]2CCNC2)nc(N2CCC(C)(C)CC2)n1. The number of piperidine rings is 1. The molecule has 2 saturated heterocycles. The molecular formula is C22H32N8O. The van der Waals surface area contributed by atoms with Crippen molar-refractivity contribution in [3.8, 4) is 0 Å². The normalized spacial score (nSPS) is 20.5. The predicted octanol–water partition coefficient (Wildman–Crippen LogP) is 2.42. The molecule has 0 spiro atoms. The molecule has 0 radical (unpaired) electrons. The minimum absolute atomic E-state index is 0.295. The molecule has 4 rings (SSSR count). The van der Waals surface area contributed by atoms with Crippen molar-refractivity contribution in [2.45, 2.75) is 46.1 Å². The number of nitrogens with zero attached hydrogens (tertiary/aromatic N) is 4. The van der Waals surface area contributed by atoms with Crippen molar-refractivity contribution in [1.29, 1.82) is 0 Å². The van der Waals surface area contributed by atoms with E-state index in [-0.39, 0.29) is 0 Å². The third-order valence-corrected chi connectivity index (χ3v) is 6.19. The molecule has 5 N–H and O–H groups in total. The number of carbonyl (C=O) groups excluding carboxylic acids is 1. The lowest BCUT2D eigenvalue weighted by Gasteiger charge is -2.37. The molecule has 9 nitrogen and oxygen atoms in total. The van der Waals surface area contributed by atoms with Crippen LogP contribution in [-0.2, 0) is 0 Å². The second-order valence-electron chi connectivity index (χ2n) is 9.29. The van der Waals surface area contributed by atoms with Crippen molar-refractivity contribution < 1.29 is 4.79 Å². The highest BCUT2D eigenvalue weighted by Crippen LogP contribution is 2.32. The Morgan fingerprint density at radius 2 is 1.94 bits per heavy atom. The summed E-state index contributed by atoms with van der Waals surface area (Å²) < 4.78 is 0. The second kappa shape index (κ2) is 8.66. The maximum Gasteiger partial charge on any atom is 0.248 e. The molecule has 9 heteroatoms. The van der Waals surface area contributed by atoms with Gasteiger partial charge in [0.15, 0.2) is 0 Å². The number of amides is 1. The molecule has 1 atom stereocenters. The van der Waals surface area contributed by atoms with Gasteiger partial charge < -0.3 is 26.6 Å². The van der Waals surface area contributed by atoms with Gasteiger partial charge in [-0.1, -0.05) is 19.9 Å². The highest BCUT2D eigenvalue weighted by Gasteiger charge is 2.27. The van der Waals surface area contributed by atoms with E-state index in [0.29, 0.717) is 34.9 Å². The zero-order valence-electron chi connectivity index (χ0n) is 18.5. The summed E-state index contributed by atoms with van der Waals surface area (Å²) in [6, 6.07) is 5.61. The third-order valence-electron chi connectivity index (χ3n) is 6.19. The quantitative estimate of drug-likeness (QED) is 0.558. The molecule has 0 saturated carbocycles. The number of primary amides is 1. The van der Waals surface area contributed by atoms with Gasteiger partial charge in [0.05, 0.1) is 0 Å². The molecule has 31 heavy (non-hydrogen) atoms. The van der Waals surface area contributed by atoms with Crippen molar-refractivity contribution in [1.82, 2.24) is 20.3 Å². The van der Waals surface area contributed by atoms with E-state index in [1.807, 2.05) is 13.0 Å². The number of carbonyl (C=O) groups is 1. The van der Waals surface area contributed by atoms with Gasteiger partial charge in [0.2, 0.25) is 23.8 Å². The number of aromatic nitrogens is 3.